The Kier molecular flexibility index (Phi) is 3.69. The van der Waals surface area contributed by atoms with Gasteiger partial charge in [-0.3, -0.25) is 0 Å². The number of anilines is 1. The molecule has 2 nitrogen and oxygen atoms in total. The summed E-state index contributed by atoms with van der Waals surface area (Å²) in [5.41, 5.74) is 6.96. The number of benzene rings is 1. The molecular weight excluding hydrogens is 320 g/mol. The van der Waals surface area contributed by atoms with Gasteiger partial charge < -0.3 is 10.6 Å². The maximum absolute atomic E-state index is 5.70. The maximum atomic E-state index is 5.70. The molecule has 1 saturated heterocycles. The lowest BCUT2D eigenvalue weighted by molar-refractivity contribution is 0.602. The molecule has 0 spiro atoms. The molecule has 15 heavy (non-hydrogen) atoms. The van der Waals surface area contributed by atoms with Crippen molar-refractivity contribution < 1.29 is 0 Å². The zero-order valence-electron chi connectivity index (χ0n) is 8.42. The van der Waals surface area contributed by atoms with E-state index in [0.29, 0.717) is 5.92 Å². The molecule has 0 radical (unpaired) electrons. The summed E-state index contributed by atoms with van der Waals surface area (Å²) in [4.78, 5) is 2.39. The largest absolute Gasteiger partial charge is 0.369 e. The number of para-hydroxylation sites is 1. The lowest BCUT2D eigenvalue weighted by Crippen LogP contribution is -2.23. The molecular formula is C11H14Br2N2. The van der Waals surface area contributed by atoms with Crippen LogP contribution >= 0.6 is 31.9 Å². The molecule has 1 aliphatic heterocycles. The summed E-state index contributed by atoms with van der Waals surface area (Å²) in [6.45, 7) is 2.96. The predicted octanol–water partition coefficient (Wildman–Crippen LogP) is 3.00. The van der Waals surface area contributed by atoms with Crippen molar-refractivity contribution in [1.82, 2.24) is 0 Å². The SMILES string of the molecule is NCC1CCN(c2c(Br)cccc2Br)C1. The molecule has 1 atom stereocenters. The first-order valence-corrected chi connectivity index (χ1v) is 6.70. The number of hydrogen-bond acceptors (Lipinski definition) is 2. The van der Waals surface area contributed by atoms with Crippen LogP contribution < -0.4 is 10.6 Å². The quantitative estimate of drug-likeness (QED) is 0.901. The molecule has 0 aromatic heterocycles. The highest BCUT2D eigenvalue weighted by Crippen LogP contribution is 2.36. The van der Waals surface area contributed by atoms with E-state index >= 15 is 0 Å². The average molecular weight is 334 g/mol. The van der Waals surface area contributed by atoms with Crippen molar-refractivity contribution in [3.63, 3.8) is 0 Å². The van der Waals surface area contributed by atoms with Gasteiger partial charge in [0.15, 0.2) is 0 Å². The van der Waals surface area contributed by atoms with E-state index in [1.165, 1.54) is 12.1 Å². The van der Waals surface area contributed by atoms with Gasteiger partial charge >= 0.3 is 0 Å². The molecule has 1 unspecified atom stereocenters. The van der Waals surface area contributed by atoms with Crippen LogP contribution in [0.2, 0.25) is 0 Å². The first-order chi connectivity index (χ1) is 7.22. The van der Waals surface area contributed by atoms with Crippen LogP contribution in [-0.2, 0) is 0 Å². The van der Waals surface area contributed by atoms with Crippen LogP contribution in [0.25, 0.3) is 0 Å². The van der Waals surface area contributed by atoms with E-state index in [-0.39, 0.29) is 0 Å². The number of rotatable bonds is 2. The van der Waals surface area contributed by atoms with Crippen LogP contribution in [0.4, 0.5) is 5.69 Å². The summed E-state index contributed by atoms with van der Waals surface area (Å²) in [5.74, 6) is 0.643. The number of hydrogen-bond donors (Lipinski definition) is 1. The predicted molar refractivity (Wildman–Crippen MR) is 71.2 cm³/mol. The van der Waals surface area contributed by atoms with Crippen molar-refractivity contribution in [3.8, 4) is 0 Å². The van der Waals surface area contributed by atoms with E-state index in [9.17, 15) is 0 Å². The fourth-order valence-electron chi connectivity index (χ4n) is 2.02. The van der Waals surface area contributed by atoms with Gasteiger partial charge in [0.2, 0.25) is 0 Å². The monoisotopic (exact) mass is 332 g/mol. The van der Waals surface area contributed by atoms with Crippen molar-refractivity contribution in [2.45, 2.75) is 6.42 Å². The fourth-order valence-corrected chi connectivity index (χ4v) is 3.52. The molecule has 4 heteroatoms. The summed E-state index contributed by atoms with van der Waals surface area (Å²) in [6, 6.07) is 6.19. The lowest BCUT2D eigenvalue weighted by Gasteiger charge is -2.21. The third kappa shape index (κ3) is 2.37. The van der Waals surface area contributed by atoms with Gasteiger partial charge in [-0.1, -0.05) is 6.07 Å². The van der Waals surface area contributed by atoms with Gasteiger partial charge in [0, 0.05) is 22.0 Å². The Labute approximate surface area is 107 Å². The topological polar surface area (TPSA) is 29.3 Å². The molecule has 2 rings (SSSR count). The van der Waals surface area contributed by atoms with Gasteiger partial charge in [0.05, 0.1) is 5.69 Å². The summed E-state index contributed by atoms with van der Waals surface area (Å²) in [5, 5.41) is 0. The lowest BCUT2D eigenvalue weighted by atomic mass is 10.1. The van der Waals surface area contributed by atoms with Crippen LogP contribution in [0.5, 0.6) is 0 Å². The van der Waals surface area contributed by atoms with Crippen LogP contribution in [0.1, 0.15) is 6.42 Å². The van der Waals surface area contributed by atoms with Crippen molar-refractivity contribution in [2.75, 3.05) is 24.5 Å². The van der Waals surface area contributed by atoms with Gasteiger partial charge in [0.25, 0.3) is 0 Å². The minimum Gasteiger partial charge on any atom is -0.369 e. The summed E-state index contributed by atoms with van der Waals surface area (Å²) < 4.78 is 2.30. The van der Waals surface area contributed by atoms with Gasteiger partial charge in [-0.2, -0.15) is 0 Å². The zero-order chi connectivity index (χ0) is 10.8. The Morgan fingerprint density at radius 2 is 2.00 bits per heavy atom. The molecule has 1 fully saturated rings. The summed E-state index contributed by atoms with van der Waals surface area (Å²) in [6.07, 6.45) is 1.20. The van der Waals surface area contributed by atoms with E-state index in [2.05, 4.69) is 48.9 Å². The molecule has 2 N–H and O–H groups in total. The third-order valence-corrected chi connectivity index (χ3v) is 4.15. The van der Waals surface area contributed by atoms with Crippen LogP contribution in [0.15, 0.2) is 27.1 Å². The molecule has 0 saturated carbocycles. The first kappa shape index (κ1) is 11.4. The fraction of sp³-hybridized carbons (Fsp3) is 0.455. The average Bonchev–Trinajstić information content (AvgIpc) is 2.66. The van der Waals surface area contributed by atoms with Gasteiger partial charge in [-0.25, -0.2) is 0 Å². The molecule has 0 bridgehead atoms. The third-order valence-electron chi connectivity index (χ3n) is 2.87. The Bertz CT molecular complexity index is 334. The van der Waals surface area contributed by atoms with Crippen molar-refractivity contribution in [1.29, 1.82) is 0 Å². The van der Waals surface area contributed by atoms with E-state index in [4.69, 9.17) is 5.73 Å². The summed E-state index contributed by atoms with van der Waals surface area (Å²) >= 11 is 7.19. The Hall–Kier alpha value is -0.0600. The minimum absolute atomic E-state index is 0.643. The molecule has 1 aromatic carbocycles. The summed E-state index contributed by atoms with van der Waals surface area (Å²) in [7, 11) is 0. The van der Waals surface area contributed by atoms with Gasteiger partial charge in [-0.05, 0) is 62.9 Å². The van der Waals surface area contributed by atoms with Crippen molar-refractivity contribution >= 4 is 37.5 Å². The van der Waals surface area contributed by atoms with Crippen molar-refractivity contribution in [3.05, 3.63) is 27.1 Å². The second-order valence-electron chi connectivity index (χ2n) is 3.91. The standard InChI is InChI=1S/C11H14Br2N2/c12-9-2-1-3-10(13)11(9)15-5-4-8(6-14)7-15/h1-3,8H,4-7,14H2. The minimum atomic E-state index is 0.643. The molecule has 1 heterocycles. The number of halogens is 2. The smallest absolute Gasteiger partial charge is 0.0655 e. The normalized spacial score (nSPS) is 21.0. The van der Waals surface area contributed by atoms with E-state index in [0.717, 1.165) is 28.6 Å². The van der Waals surface area contributed by atoms with E-state index < -0.39 is 0 Å². The van der Waals surface area contributed by atoms with Crippen LogP contribution in [0, 0.1) is 5.92 Å². The number of nitrogens with zero attached hydrogens (tertiary/aromatic N) is 1. The van der Waals surface area contributed by atoms with E-state index in [1.807, 2.05) is 6.07 Å². The van der Waals surface area contributed by atoms with Crippen LogP contribution in [-0.4, -0.2) is 19.6 Å². The Balaban J connectivity index is 2.23. The van der Waals surface area contributed by atoms with Gasteiger partial charge in [0.1, 0.15) is 0 Å². The second-order valence-corrected chi connectivity index (χ2v) is 5.62. The highest BCUT2D eigenvalue weighted by Gasteiger charge is 2.24. The molecule has 0 aliphatic carbocycles. The Morgan fingerprint density at radius 3 is 2.53 bits per heavy atom. The van der Waals surface area contributed by atoms with Gasteiger partial charge in [-0.15, -0.1) is 0 Å². The molecule has 0 amide bonds. The van der Waals surface area contributed by atoms with Crippen molar-refractivity contribution in [2.24, 2.45) is 11.7 Å². The zero-order valence-corrected chi connectivity index (χ0v) is 11.6. The Morgan fingerprint density at radius 1 is 1.33 bits per heavy atom. The van der Waals surface area contributed by atoms with E-state index in [1.54, 1.807) is 0 Å². The van der Waals surface area contributed by atoms with Crippen LogP contribution in [0.3, 0.4) is 0 Å². The number of nitrogens with two attached hydrogens (primary N) is 1. The second kappa shape index (κ2) is 4.85. The first-order valence-electron chi connectivity index (χ1n) is 5.11. The maximum Gasteiger partial charge on any atom is 0.0655 e. The highest BCUT2D eigenvalue weighted by atomic mass is 79.9. The molecule has 82 valence electrons. The molecule has 1 aliphatic rings. The highest BCUT2D eigenvalue weighted by molar-refractivity contribution is 9.11. The molecule has 1 aromatic rings.